The van der Waals surface area contributed by atoms with E-state index in [2.05, 4.69) is 12.0 Å². The van der Waals surface area contributed by atoms with Crippen molar-refractivity contribution in [2.24, 2.45) is 12.8 Å². The maximum absolute atomic E-state index is 5.96. The fraction of sp³-hybridized carbons (Fsp3) is 0.667. The number of nitrogens with zero attached hydrogens (tertiary/aromatic N) is 2. The van der Waals surface area contributed by atoms with Crippen molar-refractivity contribution in [2.75, 3.05) is 7.11 Å². The fourth-order valence-corrected chi connectivity index (χ4v) is 1.41. The summed E-state index contributed by atoms with van der Waals surface area (Å²) in [5, 5.41) is 4.10. The summed E-state index contributed by atoms with van der Waals surface area (Å²) in [6.45, 7) is 2.11. The van der Waals surface area contributed by atoms with Crippen LogP contribution in [0.1, 0.15) is 31.4 Å². The van der Waals surface area contributed by atoms with Gasteiger partial charge in [0.15, 0.2) is 0 Å². The summed E-state index contributed by atoms with van der Waals surface area (Å²) in [6, 6.07) is 0.0358. The topological polar surface area (TPSA) is 53.1 Å². The zero-order valence-electron chi connectivity index (χ0n) is 8.45. The van der Waals surface area contributed by atoms with Gasteiger partial charge in [-0.15, -0.1) is 0 Å². The van der Waals surface area contributed by atoms with Crippen LogP contribution in [-0.4, -0.2) is 16.9 Å². The molecule has 13 heavy (non-hydrogen) atoms. The van der Waals surface area contributed by atoms with Crippen molar-refractivity contribution in [3.8, 4) is 5.88 Å². The van der Waals surface area contributed by atoms with Crippen LogP contribution in [0.2, 0.25) is 0 Å². The van der Waals surface area contributed by atoms with E-state index < -0.39 is 0 Å². The molecule has 0 amide bonds. The molecule has 0 fully saturated rings. The highest BCUT2D eigenvalue weighted by molar-refractivity contribution is 5.27. The molecule has 1 rings (SSSR count). The smallest absolute Gasteiger partial charge is 0.216 e. The number of hydrogen-bond acceptors (Lipinski definition) is 3. The number of methoxy groups -OCH3 is 1. The van der Waals surface area contributed by atoms with E-state index in [0.29, 0.717) is 0 Å². The monoisotopic (exact) mass is 183 g/mol. The average Bonchev–Trinajstić information content (AvgIpc) is 2.47. The van der Waals surface area contributed by atoms with Gasteiger partial charge in [0, 0.05) is 13.1 Å². The first-order valence-corrected chi connectivity index (χ1v) is 4.52. The first kappa shape index (κ1) is 10.1. The molecule has 1 heterocycles. The van der Waals surface area contributed by atoms with E-state index in [1.165, 1.54) is 0 Å². The molecule has 0 saturated heterocycles. The minimum absolute atomic E-state index is 0.0358. The molecule has 0 radical (unpaired) electrons. The van der Waals surface area contributed by atoms with Gasteiger partial charge in [0.2, 0.25) is 5.88 Å². The quantitative estimate of drug-likeness (QED) is 0.763. The van der Waals surface area contributed by atoms with Crippen LogP contribution in [0.3, 0.4) is 0 Å². The Morgan fingerprint density at radius 3 is 2.92 bits per heavy atom. The van der Waals surface area contributed by atoms with Gasteiger partial charge in [-0.3, -0.25) is 0 Å². The Morgan fingerprint density at radius 1 is 1.69 bits per heavy atom. The number of ether oxygens (including phenoxy) is 1. The summed E-state index contributed by atoms with van der Waals surface area (Å²) in [6.07, 6.45) is 3.81. The van der Waals surface area contributed by atoms with E-state index in [-0.39, 0.29) is 6.04 Å². The molecule has 0 aliphatic carbocycles. The molecule has 0 aliphatic heterocycles. The molecule has 0 saturated carbocycles. The van der Waals surface area contributed by atoms with E-state index in [1.807, 2.05) is 7.05 Å². The van der Waals surface area contributed by atoms with Crippen LogP contribution in [0.15, 0.2) is 6.20 Å². The minimum atomic E-state index is 0.0358. The van der Waals surface area contributed by atoms with E-state index in [1.54, 1.807) is 18.0 Å². The predicted octanol–water partition coefficient (Wildman–Crippen LogP) is 1.23. The molecule has 1 aromatic heterocycles. The highest BCUT2D eigenvalue weighted by Crippen LogP contribution is 2.25. The summed E-state index contributed by atoms with van der Waals surface area (Å²) in [5.41, 5.74) is 6.95. The van der Waals surface area contributed by atoms with Gasteiger partial charge < -0.3 is 10.5 Å². The molecule has 1 unspecified atom stereocenters. The third-order valence-corrected chi connectivity index (χ3v) is 2.10. The second-order valence-corrected chi connectivity index (χ2v) is 3.13. The lowest BCUT2D eigenvalue weighted by Gasteiger charge is -2.10. The van der Waals surface area contributed by atoms with Crippen LogP contribution in [0, 0.1) is 0 Å². The van der Waals surface area contributed by atoms with Gasteiger partial charge in [0.1, 0.15) is 0 Å². The van der Waals surface area contributed by atoms with Gasteiger partial charge in [0.05, 0.1) is 18.9 Å². The minimum Gasteiger partial charge on any atom is -0.481 e. The molecule has 0 spiro atoms. The van der Waals surface area contributed by atoms with Crippen LogP contribution in [-0.2, 0) is 7.05 Å². The van der Waals surface area contributed by atoms with E-state index in [9.17, 15) is 0 Å². The maximum Gasteiger partial charge on any atom is 0.216 e. The first-order chi connectivity index (χ1) is 6.20. The first-order valence-electron chi connectivity index (χ1n) is 4.52. The molecule has 4 heteroatoms. The van der Waals surface area contributed by atoms with Crippen molar-refractivity contribution in [3.63, 3.8) is 0 Å². The highest BCUT2D eigenvalue weighted by atomic mass is 16.5. The Morgan fingerprint density at radius 2 is 2.38 bits per heavy atom. The Hall–Kier alpha value is -1.03. The third kappa shape index (κ3) is 2.01. The highest BCUT2D eigenvalue weighted by Gasteiger charge is 2.14. The number of aromatic nitrogens is 2. The van der Waals surface area contributed by atoms with Crippen molar-refractivity contribution < 1.29 is 4.74 Å². The van der Waals surface area contributed by atoms with Crippen LogP contribution < -0.4 is 10.5 Å². The standard InChI is InChI=1S/C9H17N3O/c1-4-5-8(10)7-6-11-12(2)9(7)13-3/h6,8H,4-5,10H2,1-3H3. The number of hydrogen-bond donors (Lipinski definition) is 1. The zero-order valence-corrected chi connectivity index (χ0v) is 8.45. The Balaban J connectivity index is 2.86. The van der Waals surface area contributed by atoms with E-state index >= 15 is 0 Å². The Labute approximate surface area is 78.7 Å². The van der Waals surface area contributed by atoms with Crippen molar-refractivity contribution in [3.05, 3.63) is 11.8 Å². The summed E-state index contributed by atoms with van der Waals surface area (Å²) >= 11 is 0. The summed E-state index contributed by atoms with van der Waals surface area (Å²) in [5.74, 6) is 0.765. The molecule has 1 atom stereocenters. The van der Waals surface area contributed by atoms with Crippen LogP contribution in [0.25, 0.3) is 0 Å². The number of aryl methyl sites for hydroxylation is 1. The lowest BCUT2D eigenvalue weighted by atomic mass is 10.1. The zero-order chi connectivity index (χ0) is 9.84. The molecular formula is C9H17N3O. The molecule has 1 aromatic rings. The largest absolute Gasteiger partial charge is 0.481 e. The summed E-state index contributed by atoms with van der Waals surface area (Å²) in [7, 11) is 3.49. The summed E-state index contributed by atoms with van der Waals surface area (Å²) < 4.78 is 6.90. The Kier molecular flexibility index (Phi) is 3.31. The molecule has 0 aliphatic rings. The molecule has 74 valence electrons. The van der Waals surface area contributed by atoms with Crippen molar-refractivity contribution in [1.29, 1.82) is 0 Å². The third-order valence-electron chi connectivity index (χ3n) is 2.10. The maximum atomic E-state index is 5.96. The van der Waals surface area contributed by atoms with Crippen LogP contribution in [0.5, 0.6) is 5.88 Å². The summed E-state index contributed by atoms with van der Waals surface area (Å²) in [4.78, 5) is 0. The number of rotatable bonds is 4. The predicted molar refractivity (Wildman–Crippen MR) is 51.6 cm³/mol. The molecule has 0 aromatic carbocycles. The second kappa shape index (κ2) is 4.28. The van der Waals surface area contributed by atoms with Gasteiger partial charge in [-0.2, -0.15) is 5.10 Å². The fourth-order valence-electron chi connectivity index (χ4n) is 1.41. The van der Waals surface area contributed by atoms with Crippen molar-refractivity contribution in [1.82, 2.24) is 9.78 Å². The van der Waals surface area contributed by atoms with E-state index in [0.717, 1.165) is 24.3 Å². The Bertz CT molecular complexity index is 270. The van der Waals surface area contributed by atoms with Crippen molar-refractivity contribution >= 4 is 0 Å². The molecule has 0 bridgehead atoms. The average molecular weight is 183 g/mol. The van der Waals surface area contributed by atoms with Gasteiger partial charge in [0.25, 0.3) is 0 Å². The van der Waals surface area contributed by atoms with Gasteiger partial charge in [-0.1, -0.05) is 13.3 Å². The van der Waals surface area contributed by atoms with Crippen molar-refractivity contribution in [2.45, 2.75) is 25.8 Å². The van der Waals surface area contributed by atoms with Gasteiger partial charge in [-0.05, 0) is 6.42 Å². The normalized spacial score (nSPS) is 12.9. The lowest BCUT2D eigenvalue weighted by molar-refractivity contribution is 0.365. The molecule has 2 N–H and O–H groups in total. The van der Waals surface area contributed by atoms with E-state index in [4.69, 9.17) is 10.5 Å². The molecule has 4 nitrogen and oxygen atoms in total. The SMILES string of the molecule is CCCC(N)c1cnn(C)c1OC. The second-order valence-electron chi connectivity index (χ2n) is 3.13. The van der Waals surface area contributed by atoms with Crippen LogP contribution in [0.4, 0.5) is 0 Å². The lowest BCUT2D eigenvalue weighted by Crippen LogP contribution is -2.10. The van der Waals surface area contributed by atoms with Gasteiger partial charge >= 0.3 is 0 Å². The molecular weight excluding hydrogens is 166 g/mol. The van der Waals surface area contributed by atoms with Gasteiger partial charge in [-0.25, -0.2) is 4.68 Å². The number of nitrogens with two attached hydrogens (primary N) is 1. The van der Waals surface area contributed by atoms with Crippen LogP contribution >= 0.6 is 0 Å².